The quantitative estimate of drug-likeness (QED) is 0.462. The number of nitrogens with zero attached hydrogens (tertiary/aromatic N) is 2. The molecule has 2 aromatic carbocycles. The van der Waals surface area contributed by atoms with Gasteiger partial charge in [0.2, 0.25) is 0 Å². The molecule has 0 saturated carbocycles. The third kappa shape index (κ3) is 6.37. The van der Waals surface area contributed by atoms with Crippen molar-refractivity contribution < 1.29 is 4.74 Å². The number of aliphatic imine (C=N–C) groups is 1. The number of aryl methyl sites for hydroxylation is 1. The smallest absolute Gasteiger partial charge is 0.191 e. The summed E-state index contributed by atoms with van der Waals surface area (Å²) in [6, 6.07) is 16.5. The first kappa shape index (κ1) is 18.6. The molecule has 0 aromatic heterocycles. The van der Waals surface area contributed by atoms with Gasteiger partial charge in [0.25, 0.3) is 0 Å². The largest absolute Gasteiger partial charge is 0.492 e. The molecule has 0 bridgehead atoms. The van der Waals surface area contributed by atoms with E-state index in [9.17, 15) is 0 Å². The lowest BCUT2D eigenvalue weighted by atomic mass is 10.2. The number of hydrogen-bond donors (Lipinski definition) is 2. The molecule has 0 saturated heterocycles. The summed E-state index contributed by atoms with van der Waals surface area (Å²) in [5.74, 6) is 1.65. The summed E-state index contributed by atoms with van der Waals surface area (Å²) in [7, 11) is 5.86. The molecule has 0 fully saturated rings. The maximum atomic E-state index is 5.71. The average molecular weight is 340 g/mol. The van der Waals surface area contributed by atoms with Gasteiger partial charge in [0.1, 0.15) is 12.4 Å². The van der Waals surface area contributed by atoms with Crippen molar-refractivity contribution >= 4 is 11.6 Å². The highest BCUT2D eigenvalue weighted by atomic mass is 16.5. The molecule has 0 unspecified atom stereocenters. The lowest BCUT2D eigenvalue weighted by Gasteiger charge is -2.15. The third-order valence-electron chi connectivity index (χ3n) is 3.79. The molecule has 134 valence electrons. The fourth-order valence-electron chi connectivity index (χ4n) is 2.32. The average Bonchev–Trinajstić information content (AvgIpc) is 2.63. The molecule has 0 aliphatic carbocycles. The Labute approximate surface area is 150 Å². The number of guanidine groups is 1. The lowest BCUT2D eigenvalue weighted by Crippen LogP contribution is -2.38. The number of nitrogens with one attached hydrogen (secondary N) is 2. The molecule has 5 heteroatoms. The minimum Gasteiger partial charge on any atom is -0.492 e. The van der Waals surface area contributed by atoms with E-state index in [1.54, 1.807) is 7.05 Å². The number of anilines is 1. The maximum absolute atomic E-state index is 5.71. The second-order valence-corrected chi connectivity index (χ2v) is 6.08. The van der Waals surface area contributed by atoms with E-state index in [0.717, 1.165) is 18.3 Å². The van der Waals surface area contributed by atoms with Gasteiger partial charge in [0, 0.05) is 33.4 Å². The molecule has 0 spiro atoms. The van der Waals surface area contributed by atoms with Gasteiger partial charge in [-0.05, 0) is 36.8 Å². The van der Waals surface area contributed by atoms with Crippen molar-refractivity contribution in [2.24, 2.45) is 4.99 Å². The lowest BCUT2D eigenvalue weighted by molar-refractivity contribution is 0.322. The van der Waals surface area contributed by atoms with E-state index in [1.165, 1.54) is 16.8 Å². The number of rotatable bonds is 7. The van der Waals surface area contributed by atoms with Gasteiger partial charge in [0.15, 0.2) is 5.96 Å². The van der Waals surface area contributed by atoms with Crippen LogP contribution in [0, 0.1) is 6.92 Å². The van der Waals surface area contributed by atoms with Crippen LogP contribution < -0.4 is 20.3 Å². The topological polar surface area (TPSA) is 48.9 Å². The molecule has 5 nitrogen and oxygen atoms in total. The summed E-state index contributed by atoms with van der Waals surface area (Å²) in [6.07, 6.45) is 0. The van der Waals surface area contributed by atoms with Crippen LogP contribution in [0.4, 0.5) is 5.69 Å². The summed E-state index contributed by atoms with van der Waals surface area (Å²) >= 11 is 0. The Kier molecular flexibility index (Phi) is 7.14. The van der Waals surface area contributed by atoms with Gasteiger partial charge in [-0.25, -0.2) is 0 Å². The van der Waals surface area contributed by atoms with Gasteiger partial charge >= 0.3 is 0 Å². The highest BCUT2D eigenvalue weighted by molar-refractivity contribution is 5.79. The van der Waals surface area contributed by atoms with Crippen LogP contribution in [0.2, 0.25) is 0 Å². The molecule has 0 aliphatic heterocycles. The predicted octanol–water partition coefficient (Wildman–Crippen LogP) is 2.81. The van der Waals surface area contributed by atoms with E-state index < -0.39 is 0 Å². The van der Waals surface area contributed by atoms with Crippen molar-refractivity contribution in [2.75, 3.05) is 39.2 Å². The third-order valence-corrected chi connectivity index (χ3v) is 3.79. The van der Waals surface area contributed by atoms with Crippen LogP contribution in [-0.4, -0.2) is 40.3 Å². The number of hydrogen-bond acceptors (Lipinski definition) is 3. The highest BCUT2D eigenvalue weighted by Crippen LogP contribution is 2.13. The number of benzene rings is 2. The van der Waals surface area contributed by atoms with Gasteiger partial charge in [0.05, 0.1) is 6.54 Å². The summed E-state index contributed by atoms with van der Waals surface area (Å²) in [5, 5.41) is 6.58. The van der Waals surface area contributed by atoms with Crippen molar-refractivity contribution in [3.8, 4) is 5.75 Å². The molecule has 0 heterocycles. The van der Waals surface area contributed by atoms with E-state index in [1.807, 2.05) is 38.4 Å². The van der Waals surface area contributed by atoms with Crippen LogP contribution in [0.15, 0.2) is 53.5 Å². The van der Waals surface area contributed by atoms with Crippen molar-refractivity contribution in [1.82, 2.24) is 10.6 Å². The van der Waals surface area contributed by atoms with Gasteiger partial charge in [-0.3, -0.25) is 4.99 Å². The normalized spacial score (nSPS) is 11.1. The Morgan fingerprint density at radius 3 is 2.52 bits per heavy atom. The first-order valence-electron chi connectivity index (χ1n) is 8.49. The first-order chi connectivity index (χ1) is 12.1. The second-order valence-electron chi connectivity index (χ2n) is 6.08. The first-order valence-corrected chi connectivity index (χ1v) is 8.49. The molecule has 2 aromatic rings. The van der Waals surface area contributed by atoms with Gasteiger partial charge in [-0.1, -0.05) is 29.8 Å². The summed E-state index contributed by atoms with van der Waals surface area (Å²) < 4.78 is 5.71. The fraction of sp³-hybridized carbons (Fsp3) is 0.350. The van der Waals surface area contributed by atoms with Gasteiger partial charge in [-0.2, -0.15) is 0 Å². The maximum Gasteiger partial charge on any atom is 0.191 e. The summed E-state index contributed by atoms with van der Waals surface area (Å²) in [5.41, 5.74) is 3.63. The zero-order chi connectivity index (χ0) is 18.1. The van der Waals surface area contributed by atoms with E-state index >= 15 is 0 Å². The molecule has 25 heavy (non-hydrogen) atoms. The Balaban J connectivity index is 1.73. The molecule has 0 radical (unpaired) electrons. The van der Waals surface area contributed by atoms with Crippen molar-refractivity contribution in [3.05, 3.63) is 59.7 Å². The fourth-order valence-corrected chi connectivity index (χ4v) is 2.32. The second kappa shape index (κ2) is 9.57. The Hall–Kier alpha value is -2.69. The molecule has 2 N–H and O–H groups in total. The van der Waals surface area contributed by atoms with Crippen LogP contribution in [0.3, 0.4) is 0 Å². The molecular weight excluding hydrogens is 312 g/mol. The Bertz CT molecular complexity index is 680. The van der Waals surface area contributed by atoms with Crippen LogP contribution in [0.25, 0.3) is 0 Å². The summed E-state index contributed by atoms with van der Waals surface area (Å²) in [6.45, 7) is 4.06. The molecule has 0 atom stereocenters. The van der Waals surface area contributed by atoms with Crippen molar-refractivity contribution in [2.45, 2.75) is 13.5 Å². The van der Waals surface area contributed by atoms with Crippen molar-refractivity contribution in [1.29, 1.82) is 0 Å². The predicted molar refractivity (Wildman–Crippen MR) is 106 cm³/mol. The SMILES string of the molecule is CN=C(NCCOc1ccc(C)cc1)NCc1cccc(N(C)C)c1. The minimum atomic E-state index is 0.583. The zero-order valence-corrected chi connectivity index (χ0v) is 15.5. The Morgan fingerprint density at radius 1 is 1.08 bits per heavy atom. The van der Waals surface area contributed by atoms with Crippen LogP contribution in [0.1, 0.15) is 11.1 Å². The molecule has 0 aliphatic rings. The highest BCUT2D eigenvalue weighted by Gasteiger charge is 2.01. The molecule has 0 amide bonds. The van der Waals surface area contributed by atoms with Crippen LogP contribution in [0.5, 0.6) is 5.75 Å². The van der Waals surface area contributed by atoms with E-state index in [0.29, 0.717) is 13.2 Å². The van der Waals surface area contributed by atoms with E-state index in [-0.39, 0.29) is 0 Å². The Morgan fingerprint density at radius 2 is 1.84 bits per heavy atom. The standard InChI is InChI=1S/C20H28N4O/c1-16-8-10-19(11-9-16)25-13-12-22-20(21-2)23-15-17-6-5-7-18(14-17)24(3)4/h5-11,14H,12-13,15H2,1-4H3,(H2,21,22,23). The summed E-state index contributed by atoms with van der Waals surface area (Å²) in [4.78, 5) is 6.34. The zero-order valence-electron chi connectivity index (χ0n) is 15.5. The van der Waals surface area contributed by atoms with Gasteiger partial charge in [-0.15, -0.1) is 0 Å². The molecule has 2 rings (SSSR count). The minimum absolute atomic E-state index is 0.583. The van der Waals surface area contributed by atoms with Gasteiger partial charge < -0.3 is 20.3 Å². The van der Waals surface area contributed by atoms with Crippen LogP contribution >= 0.6 is 0 Å². The number of ether oxygens (including phenoxy) is 1. The van der Waals surface area contributed by atoms with Crippen molar-refractivity contribution in [3.63, 3.8) is 0 Å². The van der Waals surface area contributed by atoms with E-state index in [4.69, 9.17) is 4.74 Å². The van der Waals surface area contributed by atoms with E-state index in [2.05, 4.69) is 51.7 Å². The monoisotopic (exact) mass is 340 g/mol. The van der Waals surface area contributed by atoms with Crippen LogP contribution in [-0.2, 0) is 6.54 Å². The molecular formula is C20H28N4O.